The summed E-state index contributed by atoms with van der Waals surface area (Å²) in [7, 11) is 1.33. The van der Waals surface area contributed by atoms with E-state index in [1.807, 2.05) is 30.3 Å². The zero-order chi connectivity index (χ0) is 20.2. The number of hydrogen-bond acceptors (Lipinski definition) is 4. The smallest absolute Gasteiger partial charge is 0.325 e. The molecule has 28 heavy (non-hydrogen) atoms. The van der Waals surface area contributed by atoms with Crippen LogP contribution in [0.2, 0.25) is 0 Å². The van der Waals surface area contributed by atoms with Crippen molar-refractivity contribution < 1.29 is 14.3 Å². The van der Waals surface area contributed by atoms with Crippen LogP contribution in [-0.4, -0.2) is 39.1 Å². The van der Waals surface area contributed by atoms with Gasteiger partial charge in [-0.1, -0.05) is 55.5 Å². The number of carbonyl (C=O) groups is 2. The number of hydrogen-bond donors (Lipinski definition) is 1. The molecule has 0 radical (unpaired) electrons. The molecule has 150 valence electrons. The molecule has 0 aliphatic rings. The average Bonchev–Trinajstić information content (AvgIpc) is 2.75. The summed E-state index contributed by atoms with van der Waals surface area (Å²) < 4.78 is 4.71. The van der Waals surface area contributed by atoms with Gasteiger partial charge >= 0.3 is 5.97 Å². The van der Waals surface area contributed by atoms with Crippen molar-refractivity contribution in [2.24, 2.45) is 0 Å². The highest BCUT2D eigenvalue weighted by Gasteiger charge is 2.19. The average molecular weight is 383 g/mol. The van der Waals surface area contributed by atoms with Gasteiger partial charge in [-0.3, -0.25) is 9.59 Å². The number of esters is 1. The van der Waals surface area contributed by atoms with Crippen LogP contribution in [0.25, 0.3) is 0 Å². The molecule has 0 aliphatic carbocycles. The fourth-order valence-corrected chi connectivity index (χ4v) is 3.34. The quantitative estimate of drug-likeness (QED) is 0.347. The van der Waals surface area contributed by atoms with Crippen molar-refractivity contribution in [3.05, 3.63) is 65.7 Å². The Labute approximate surface area is 167 Å². The highest BCUT2D eigenvalue weighted by atomic mass is 16.5. The van der Waals surface area contributed by atoms with Crippen LogP contribution in [0, 0.1) is 0 Å². The monoisotopic (exact) mass is 382 g/mol. The molecule has 1 atom stereocenters. The molecule has 0 heterocycles. The molecule has 0 saturated carbocycles. The number of ether oxygens (including phenoxy) is 1. The normalized spacial score (nSPS) is 11.6. The summed E-state index contributed by atoms with van der Waals surface area (Å²) in [5, 5.41) is 3.52. The van der Waals surface area contributed by atoms with Crippen LogP contribution in [0.4, 0.5) is 5.69 Å². The third-order valence-corrected chi connectivity index (χ3v) is 4.94. The largest absolute Gasteiger partial charge is 0.468 e. The van der Waals surface area contributed by atoms with Gasteiger partial charge in [-0.15, -0.1) is 0 Å². The second kappa shape index (κ2) is 11.9. The van der Waals surface area contributed by atoms with E-state index in [4.69, 9.17) is 4.74 Å². The Morgan fingerprint density at radius 2 is 1.82 bits per heavy atom. The number of carbonyl (C=O) groups excluding carboxylic acids is 2. The van der Waals surface area contributed by atoms with Gasteiger partial charge in [0.05, 0.1) is 7.11 Å². The van der Waals surface area contributed by atoms with Gasteiger partial charge in [0, 0.05) is 5.69 Å². The Kier molecular flexibility index (Phi) is 9.22. The molecular weight excluding hydrogens is 352 g/mol. The van der Waals surface area contributed by atoms with Crippen LogP contribution in [0.15, 0.2) is 54.6 Å². The summed E-state index contributed by atoms with van der Waals surface area (Å²) >= 11 is 0. The summed E-state index contributed by atoms with van der Waals surface area (Å²) in [6, 6.07) is 18.2. The summed E-state index contributed by atoms with van der Waals surface area (Å²) in [6.45, 7) is 3.91. The minimum Gasteiger partial charge on any atom is -0.468 e. The summed E-state index contributed by atoms with van der Waals surface area (Å²) in [4.78, 5) is 24.6. The van der Waals surface area contributed by atoms with E-state index in [9.17, 15) is 9.59 Å². The number of amides is 1. The van der Waals surface area contributed by atoms with Gasteiger partial charge in [0.1, 0.15) is 6.54 Å². The van der Waals surface area contributed by atoms with Crippen molar-refractivity contribution in [3.8, 4) is 0 Å². The Bertz CT molecular complexity index is 734. The lowest BCUT2D eigenvalue weighted by Gasteiger charge is -2.24. The number of rotatable bonds is 12. The molecule has 0 aromatic heterocycles. The molecule has 1 unspecified atom stereocenters. The predicted molar refractivity (Wildman–Crippen MR) is 113 cm³/mol. The molecule has 2 aromatic carbocycles. The lowest BCUT2D eigenvalue weighted by molar-refractivity contribution is -0.139. The Balaban J connectivity index is 1.95. The molecule has 1 amide bonds. The zero-order valence-electron chi connectivity index (χ0n) is 16.8. The number of para-hydroxylation sites is 1. The van der Waals surface area contributed by atoms with Crippen LogP contribution in [0.5, 0.6) is 0 Å². The van der Waals surface area contributed by atoms with Crippen molar-refractivity contribution in [3.63, 3.8) is 0 Å². The number of anilines is 1. The van der Waals surface area contributed by atoms with Crippen molar-refractivity contribution in [2.45, 2.75) is 32.1 Å². The van der Waals surface area contributed by atoms with Crippen LogP contribution < -0.4 is 10.2 Å². The molecule has 2 aromatic rings. The Morgan fingerprint density at radius 1 is 1.11 bits per heavy atom. The maximum Gasteiger partial charge on any atom is 0.325 e. The van der Waals surface area contributed by atoms with Gasteiger partial charge in [0.15, 0.2) is 0 Å². The summed E-state index contributed by atoms with van der Waals surface area (Å²) in [5.74, 6) is -0.127. The first-order chi connectivity index (χ1) is 13.7. The van der Waals surface area contributed by atoms with Gasteiger partial charge in [0.25, 0.3) is 0 Å². The van der Waals surface area contributed by atoms with E-state index in [0.29, 0.717) is 12.3 Å². The van der Waals surface area contributed by atoms with Gasteiger partial charge < -0.3 is 15.0 Å². The molecule has 5 heteroatoms. The molecule has 0 saturated heterocycles. The minimum atomic E-state index is -0.433. The SMILES string of the molecule is CCC(CCNCCc1ccccc1)c1ccccc1N(C=O)CC(=O)OC. The summed E-state index contributed by atoms with van der Waals surface area (Å²) in [6.07, 6.45) is 3.63. The lowest BCUT2D eigenvalue weighted by Crippen LogP contribution is -2.30. The van der Waals surface area contributed by atoms with Crippen molar-refractivity contribution in [1.29, 1.82) is 0 Å². The van der Waals surface area contributed by atoms with E-state index in [2.05, 4.69) is 36.5 Å². The molecule has 0 aliphatic heterocycles. The van der Waals surface area contributed by atoms with Gasteiger partial charge in [-0.05, 0) is 55.5 Å². The van der Waals surface area contributed by atoms with Crippen molar-refractivity contribution in [1.82, 2.24) is 5.32 Å². The number of benzene rings is 2. The molecule has 2 rings (SSSR count). The van der Waals surface area contributed by atoms with E-state index in [1.54, 1.807) is 0 Å². The molecule has 0 spiro atoms. The third-order valence-electron chi connectivity index (χ3n) is 4.94. The third kappa shape index (κ3) is 6.50. The fourth-order valence-electron chi connectivity index (χ4n) is 3.34. The van der Waals surface area contributed by atoms with Gasteiger partial charge in [-0.2, -0.15) is 0 Å². The number of nitrogens with zero attached hydrogens (tertiary/aromatic N) is 1. The Morgan fingerprint density at radius 3 is 2.50 bits per heavy atom. The van der Waals surface area contributed by atoms with Crippen LogP contribution in [0.1, 0.15) is 36.8 Å². The Hall–Kier alpha value is -2.66. The first-order valence-corrected chi connectivity index (χ1v) is 9.81. The molecule has 1 N–H and O–H groups in total. The number of nitrogens with one attached hydrogen (secondary N) is 1. The van der Waals surface area contributed by atoms with E-state index in [-0.39, 0.29) is 6.54 Å². The first-order valence-electron chi connectivity index (χ1n) is 9.81. The number of methoxy groups -OCH3 is 1. The highest BCUT2D eigenvalue weighted by Crippen LogP contribution is 2.31. The maximum atomic E-state index is 11.6. The van der Waals surface area contributed by atoms with Crippen LogP contribution >= 0.6 is 0 Å². The minimum absolute atomic E-state index is 0.0806. The van der Waals surface area contributed by atoms with Crippen molar-refractivity contribution >= 4 is 18.1 Å². The van der Waals surface area contributed by atoms with Gasteiger partial charge in [-0.25, -0.2) is 0 Å². The molecular formula is C23H30N2O3. The van der Waals surface area contributed by atoms with E-state index < -0.39 is 5.97 Å². The second-order valence-electron chi connectivity index (χ2n) is 6.75. The standard InChI is InChI=1S/C23H30N2O3/c1-3-20(14-16-24-15-13-19-9-5-4-6-10-19)21-11-7-8-12-22(21)25(18-26)17-23(27)28-2/h4-12,18,20,24H,3,13-17H2,1-2H3. The van der Waals surface area contributed by atoms with E-state index in [1.165, 1.54) is 17.6 Å². The van der Waals surface area contributed by atoms with Crippen LogP contribution in [0.3, 0.4) is 0 Å². The van der Waals surface area contributed by atoms with Gasteiger partial charge in [0.2, 0.25) is 6.41 Å². The lowest BCUT2D eigenvalue weighted by atomic mass is 9.91. The highest BCUT2D eigenvalue weighted by molar-refractivity contribution is 5.86. The molecule has 0 bridgehead atoms. The molecule has 0 fully saturated rings. The van der Waals surface area contributed by atoms with Crippen molar-refractivity contribution in [2.75, 3.05) is 31.6 Å². The topological polar surface area (TPSA) is 58.6 Å². The first kappa shape index (κ1) is 21.6. The second-order valence-corrected chi connectivity index (χ2v) is 6.75. The van der Waals surface area contributed by atoms with E-state index >= 15 is 0 Å². The van der Waals surface area contributed by atoms with E-state index in [0.717, 1.165) is 43.6 Å². The predicted octanol–water partition coefficient (Wildman–Crippen LogP) is 3.54. The summed E-state index contributed by atoms with van der Waals surface area (Å²) in [5.41, 5.74) is 3.20. The zero-order valence-corrected chi connectivity index (χ0v) is 16.8. The maximum absolute atomic E-state index is 11.6. The fraction of sp³-hybridized carbons (Fsp3) is 0.391. The van der Waals surface area contributed by atoms with Crippen LogP contribution in [-0.2, 0) is 20.7 Å². The molecule has 5 nitrogen and oxygen atoms in total.